The lowest BCUT2D eigenvalue weighted by Gasteiger charge is -2.34. The molecule has 1 N–H and O–H groups in total. The van der Waals surface area contributed by atoms with Gasteiger partial charge in [-0.3, -0.25) is 4.79 Å². The van der Waals surface area contributed by atoms with Crippen LogP contribution in [0.15, 0.2) is 83.9 Å². The highest BCUT2D eigenvalue weighted by atomic mass is 35.5. The van der Waals surface area contributed by atoms with E-state index in [4.69, 9.17) is 32.9 Å². The average molecular weight is 602 g/mol. The van der Waals surface area contributed by atoms with Gasteiger partial charge in [0.2, 0.25) is 11.4 Å². The van der Waals surface area contributed by atoms with Gasteiger partial charge >= 0.3 is 0 Å². The Hall–Kier alpha value is -4.11. The zero-order valence-corrected chi connectivity index (χ0v) is 24.9. The maximum Gasteiger partial charge on any atom is 0.229 e. The lowest BCUT2D eigenvalue weighted by atomic mass is 10.1. The summed E-state index contributed by atoms with van der Waals surface area (Å²) in [6, 6.07) is 21.2. The minimum Gasteiger partial charge on any atom is -0.497 e. The maximum absolute atomic E-state index is 13.7. The van der Waals surface area contributed by atoms with Crippen molar-refractivity contribution in [2.24, 2.45) is 0 Å². The molecule has 1 saturated heterocycles. The number of aromatic nitrogens is 3. The van der Waals surface area contributed by atoms with Crippen LogP contribution in [0.1, 0.15) is 5.56 Å². The fourth-order valence-corrected chi connectivity index (χ4v) is 5.76. The second-order valence-electron chi connectivity index (χ2n) is 10.3. The summed E-state index contributed by atoms with van der Waals surface area (Å²) >= 11 is 13.0. The van der Waals surface area contributed by atoms with Crippen molar-refractivity contribution in [1.82, 2.24) is 19.4 Å². The number of ether oxygens (including phenoxy) is 1. The standard InChI is InChI=1S/C32H30Cl2N6O2/c1-38-14-16-39(17-15-38)23-10-8-22(9-11-23)36-32-35-18-25-30(41)26(29-27(33)4-3-5-28(29)34)20-40(31(25)37-32)19-21-6-12-24(42-2)13-7-21/h3-13,18,20H,14-17,19H2,1-2H3,(H,35,36,37). The molecule has 0 atom stereocenters. The van der Waals surface area contributed by atoms with Gasteiger partial charge in [0.15, 0.2) is 0 Å². The van der Waals surface area contributed by atoms with Crippen LogP contribution in [-0.4, -0.2) is 59.8 Å². The van der Waals surface area contributed by atoms with Crippen LogP contribution in [0.5, 0.6) is 5.75 Å². The number of likely N-dealkylation sites (N-methyl/N-ethyl adjacent to an activating group) is 1. The van der Waals surface area contributed by atoms with Gasteiger partial charge in [-0.05, 0) is 61.1 Å². The van der Waals surface area contributed by atoms with Crippen LogP contribution in [0.4, 0.5) is 17.3 Å². The predicted octanol–water partition coefficient (Wildman–Crippen LogP) is 6.32. The number of benzene rings is 3. The highest BCUT2D eigenvalue weighted by molar-refractivity contribution is 6.39. The van der Waals surface area contributed by atoms with Crippen LogP contribution in [0.25, 0.3) is 22.2 Å². The number of hydrogen-bond acceptors (Lipinski definition) is 7. The van der Waals surface area contributed by atoms with Gasteiger partial charge in [0.1, 0.15) is 11.4 Å². The summed E-state index contributed by atoms with van der Waals surface area (Å²) in [5.41, 5.74) is 4.17. The topological polar surface area (TPSA) is 75.5 Å². The van der Waals surface area contributed by atoms with Gasteiger partial charge < -0.3 is 24.4 Å². The minimum absolute atomic E-state index is 0.242. The third-order valence-electron chi connectivity index (χ3n) is 7.55. The zero-order chi connectivity index (χ0) is 29.2. The summed E-state index contributed by atoms with van der Waals surface area (Å²) in [6.45, 7) is 4.56. The van der Waals surface area contributed by atoms with Crippen LogP contribution < -0.4 is 20.4 Å². The largest absolute Gasteiger partial charge is 0.497 e. The number of fused-ring (bicyclic) bond motifs is 1. The second-order valence-corrected chi connectivity index (χ2v) is 11.2. The molecule has 1 aliphatic heterocycles. The van der Waals surface area contributed by atoms with Crippen LogP contribution in [-0.2, 0) is 6.54 Å². The quantitative estimate of drug-likeness (QED) is 0.234. The van der Waals surface area contributed by atoms with Crippen molar-refractivity contribution in [2.75, 3.05) is 50.6 Å². The minimum atomic E-state index is -0.242. The SMILES string of the molecule is COc1ccc(Cn2cc(-c3c(Cl)cccc3Cl)c(=O)c3cnc(Nc4ccc(N5CCN(C)CC5)cc4)nc32)cc1. The number of nitrogens with one attached hydrogen (secondary N) is 1. The first kappa shape index (κ1) is 28.0. The summed E-state index contributed by atoms with van der Waals surface area (Å²) in [6.07, 6.45) is 3.33. The number of piperazine rings is 1. The molecule has 0 bridgehead atoms. The fourth-order valence-electron chi connectivity index (χ4n) is 5.16. The molecule has 6 rings (SSSR count). The predicted molar refractivity (Wildman–Crippen MR) is 171 cm³/mol. The number of nitrogens with zero attached hydrogens (tertiary/aromatic N) is 5. The van der Waals surface area contributed by atoms with E-state index in [0.29, 0.717) is 44.7 Å². The van der Waals surface area contributed by atoms with E-state index in [2.05, 4.69) is 39.3 Å². The number of rotatable bonds is 7. The monoisotopic (exact) mass is 600 g/mol. The molecule has 42 heavy (non-hydrogen) atoms. The summed E-state index contributed by atoms with van der Waals surface area (Å²) in [5, 5.41) is 4.46. The molecule has 0 spiro atoms. The number of hydrogen-bond donors (Lipinski definition) is 1. The van der Waals surface area contributed by atoms with Crippen molar-refractivity contribution in [3.05, 3.63) is 105 Å². The first-order chi connectivity index (χ1) is 20.4. The van der Waals surface area contributed by atoms with Crippen LogP contribution >= 0.6 is 23.2 Å². The maximum atomic E-state index is 13.7. The highest BCUT2D eigenvalue weighted by Gasteiger charge is 2.18. The zero-order valence-electron chi connectivity index (χ0n) is 23.3. The van der Waals surface area contributed by atoms with E-state index in [-0.39, 0.29) is 5.43 Å². The average Bonchev–Trinajstić information content (AvgIpc) is 3.00. The van der Waals surface area contributed by atoms with Crippen molar-refractivity contribution < 1.29 is 4.74 Å². The molecule has 10 heteroatoms. The van der Waals surface area contributed by atoms with Gasteiger partial charge in [-0.25, -0.2) is 4.98 Å². The lowest BCUT2D eigenvalue weighted by molar-refractivity contribution is 0.313. The highest BCUT2D eigenvalue weighted by Crippen LogP contribution is 2.34. The van der Waals surface area contributed by atoms with Crippen molar-refractivity contribution in [3.63, 3.8) is 0 Å². The molecule has 214 valence electrons. The Labute approximate surface area is 254 Å². The first-order valence-corrected chi connectivity index (χ1v) is 14.4. The summed E-state index contributed by atoms with van der Waals surface area (Å²) in [5.74, 6) is 1.15. The third kappa shape index (κ3) is 5.79. The van der Waals surface area contributed by atoms with Crippen molar-refractivity contribution >= 4 is 51.6 Å². The molecule has 8 nitrogen and oxygen atoms in total. The second kappa shape index (κ2) is 12.0. The van der Waals surface area contributed by atoms with Crippen LogP contribution in [0, 0.1) is 0 Å². The summed E-state index contributed by atoms with van der Waals surface area (Å²) in [4.78, 5) is 27.8. The molecule has 0 aliphatic carbocycles. The Bertz CT molecular complexity index is 1760. The van der Waals surface area contributed by atoms with Gasteiger partial charge in [0, 0.05) is 67.6 Å². The Morgan fingerprint density at radius 2 is 1.62 bits per heavy atom. The molecule has 2 aromatic heterocycles. The van der Waals surface area contributed by atoms with E-state index < -0.39 is 0 Å². The smallest absolute Gasteiger partial charge is 0.229 e. The molecule has 1 fully saturated rings. The Morgan fingerprint density at radius 1 is 0.929 bits per heavy atom. The number of anilines is 3. The summed E-state index contributed by atoms with van der Waals surface area (Å²) < 4.78 is 7.24. The van der Waals surface area contributed by atoms with Crippen LogP contribution in [0.3, 0.4) is 0 Å². The molecule has 0 radical (unpaired) electrons. The molecule has 0 saturated carbocycles. The van der Waals surface area contributed by atoms with Crippen molar-refractivity contribution in [3.8, 4) is 16.9 Å². The van der Waals surface area contributed by atoms with Gasteiger partial charge in [0.05, 0.1) is 22.5 Å². The molecule has 1 aliphatic rings. The van der Waals surface area contributed by atoms with E-state index in [9.17, 15) is 4.79 Å². The molecular weight excluding hydrogens is 571 g/mol. The number of methoxy groups -OCH3 is 1. The van der Waals surface area contributed by atoms with Crippen LogP contribution in [0.2, 0.25) is 10.0 Å². The lowest BCUT2D eigenvalue weighted by Crippen LogP contribution is -2.44. The molecule has 0 unspecified atom stereocenters. The first-order valence-electron chi connectivity index (χ1n) is 13.7. The van der Waals surface area contributed by atoms with Gasteiger partial charge in [0.25, 0.3) is 0 Å². The van der Waals surface area contributed by atoms with E-state index in [1.54, 1.807) is 37.7 Å². The van der Waals surface area contributed by atoms with E-state index in [0.717, 1.165) is 43.2 Å². The van der Waals surface area contributed by atoms with Crippen molar-refractivity contribution in [1.29, 1.82) is 0 Å². The Balaban J connectivity index is 1.37. The Morgan fingerprint density at radius 3 is 2.29 bits per heavy atom. The fraction of sp³-hybridized carbons (Fsp3) is 0.219. The molecular formula is C32H30Cl2N6O2. The van der Waals surface area contributed by atoms with E-state index >= 15 is 0 Å². The normalized spacial score (nSPS) is 13.9. The van der Waals surface area contributed by atoms with Gasteiger partial charge in [-0.2, -0.15) is 4.98 Å². The van der Waals surface area contributed by atoms with Crippen molar-refractivity contribution in [2.45, 2.75) is 6.54 Å². The summed E-state index contributed by atoms with van der Waals surface area (Å²) in [7, 11) is 3.78. The Kier molecular flexibility index (Phi) is 8.02. The number of pyridine rings is 1. The molecule has 5 aromatic rings. The van der Waals surface area contributed by atoms with E-state index in [1.165, 1.54) is 5.69 Å². The van der Waals surface area contributed by atoms with Gasteiger partial charge in [-0.1, -0.05) is 41.4 Å². The third-order valence-corrected chi connectivity index (χ3v) is 8.18. The number of halogens is 2. The molecule has 3 aromatic carbocycles. The molecule has 3 heterocycles. The van der Waals surface area contributed by atoms with E-state index in [1.807, 2.05) is 41.0 Å². The molecule has 0 amide bonds. The van der Waals surface area contributed by atoms with Gasteiger partial charge in [-0.15, -0.1) is 0 Å².